The van der Waals surface area contributed by atoms with Crippen LogP contribution in [0.15, 0.2) is 48.5 Å². The van der Waals surface area contributed by atoms with Crippen LogP contribution >= 0.6 is 0 Å². The van der Waals surface area contributed by atoms with Gasteiger partial charge in [0.1, 0.15) is 0 Å². The molecule has 0 bridgehead atoms. The van der Waals surface area contributed by atoms with Gasteiger partial charge in [-0.3, -0.25) is 4.79 Å². The third kappa shape index (κ3) is 4.30. The average Bonchev–Trinajstić information content (AvgIpc) is 3.21. The summed E-state index contributed by atoms with van der Waals surface area (Å²) in [6.45, 7) is 3.37. The first-order valence-corrected chi connectivity index (χ1v) is 10.1. The van der Waals surface area contributed by atoms with E-state index in [1.54, 1.807) is 6.07 Å². The minimum Gasteiger partial charge on any atom is -0.454 e. The maximum Gasteiger partial charge on any atom is 0.254 e. The van der Waals surface area contributed by atoms with Crippen molar-refractivity contribution in [3.63, 3.8) is 0 Å². The molecule has 2 aliphatic heterocycles. The van der Waals surface area contributed by atoms with Crippen LogP contribution in [0.5, 0.6) is 11.5 Å². The van der Waals surface area contributed by atoms with Crippen molar-refractivity contribution >= 4 is 5.91 Å². The number of likely N-dealkylation sites (N-methyl/N-ethyl adjacent to an activating group) is 1. The van der Waals surface area contributed by atoms with E-state index in [0.29, 0.717) is 17.1 Å². The Kier molecular flexibility index (Phi) is 5.81. The van der Waals surface area contributed by atoms with Crippen LogP contribution in [-0.4, -0.2) is 55.2 Å². The zero-order valence-electron chi connectivity index (χ0n) is 16.5. The van der Waals surface area contributed by atoms with Crippen molar-refractivity contribution in [3.05, 3.63) is 59.7 Å². The summed E-state index contributed by atoms with van der Waals surface area (Å²) >= 11 is 0. The molecule has 5 heteroatoms. The van der Waals surface area contributed by atoms with Gasteiger partial charge in [-0.15, -0.1) is 0 Å². The van der Waals surface area contributed by atoms with Crippen molar-refractivity contribution in [2.75, 3.05) is 33.5 Å². The van der Waals surface area contributed by atoms with E-state index in [1.807, 2.05) is 24.1 Å². The normalized spacial score (nSPS) is 18.8. The molecular formula is C23H28N2O3. The van der Waals surface area contributed by atoms with Gasteiger partial charge >= 0.3 is 0 Å². The molecule has 1 saturated heterocycles. The van der Waals surface area contributed by atoms with Gasteiger partial charge in [0.15, 0.2) is 11.5 Å². The Labute approximate surface area is 166 Å². The fraction of sp³-hybridized carbons (Fsp3) is 0.435. The minimum atomic E-state index is 0.0504. The zero-order chi connectivity index (χ0) is 19.3. The van der Waals surface area contributed by atoms with Gasteiger partial charge in [-0.1, -0.05) is 30.3 Å². The Balaban J connectivity index is 1.31. The first-order valence-electron chi connectivity index (χ1n) is 10.1. The van der Waals surface area contributed by atoms with Gasteiger partial charge in [0.2, 0.25) is 6.79 Å². The quantitative estimate of drug-likeness (QED) is 0.768. The Morgan fingerprint density at radius 1 is 1.14 bits per heavy atom. The van der Waals surface area contributed by atoms with E-state index in [0.717, 1.165) is 45.3 Å². The number of carbonyl (C=O) groups excluding carboxylic acids is 1. The number of rotatable bonds is 6. The monoisotopic (exact) mass is 380 g/mol. The van der Waals surface area contributed by atoms with E-state index in [1.165, 1.54) is 5.56 Å². The molecule has 2 heterocycles. The smallest absolute Gasteiger partial charge is 0.254 e. The average molecular weight is 380 g/mol. The first kappa shape index (κ1) is 18.8. The maximum absolute atomic E-state index is 13.0. The molecule has 148 valence electrons. The largest absolute Gasteiger partial charge is 0.454 e. The Morgan fingerprint density at radius 2 is 1.96 bits per heavy atom. The van der Waals surface area contributed by atoms with Crippen molar-refractivity contribution in [2.45, 2.75) is 31.7 Å². The Morgan fingerprint density at radius 3 is 2.82 bits per heavy atom. The fourth-order valence-electron chi connectivity index (χ4n) is 4.10. The first-order chi connectivity index (χ1) is 13.7. The molecule has 4 rings (SSSR count). The molecular weight excluding hydrogens is 352 g/mol. The summed E-state index contributed by atoms with van der Waals surface area (Å²) in [4.78, 5) is 17.4. The molecule has 1 amide bonds. The maximum atomic E-state index is 13.0. The Hall–Kier alpha value is -2.53. The second kappa shape index (κ2) is 8.65. The summed E-state index contributed by atoms with van der Waals surface area (Å²) in [6.07, 6.45) is 4.45. The highest BCUT2D eigenvalue weighted by Gasteiger charge is 2.27. The molecule has 2 aliphatic rings. The van der Waals surface area contributed by atoms with Crippen LogP contribution in [0.2, 0.25) is 0 Å². The number of carbonyl (C=O) groups is 1. The van der Waals surface area contributed by atoms with Crippen molar-refractivity contribution < 1.29 is 14.3 Å². The lowest BCUT2D eigenvalue weighted by molar-refractivity contribution is 0.0616. The standard InChI is InChI=1S/C23H28N2O3/c1-24(23(26)19-11-12-21-22(15-19)28-17-27-21)20-10-6-14-25(16-20)13-5-9-18-7-3-2-4-8-18/h2-4,7-8,11-12,15,20H,5-6,9-10,13-14,16-17H2,1H3/t20-/m1/s1. The van der Waals surface area contributed by atoms with Crippen LogP contribution in [0.25, 0.3) is 0 Å². The van der Waals surface area contributed by atoms with Crippen LogP contribution in [0.1, 0.15) is 35.2 Å². The number of aryl methyl sites for hydroxylation is 1. The van der Waals surface area contributed by atoms with Crippen LogP contribution in [-0.2, 0) is 6.42 Å². The molecule has 5 nitrogen and oxygen atoms in total. The zero-order valence-corrected chi connectivity index (χ0v) is 16.5. The number of benzene rings is 2. The highest BCUT2D eigenvalue weighted by molar-refractivity contribution is 5.95. The molecule has 2 aromatic rings. The van der Waals surface area contributed by atoms with Gasteiger partial charge in [-0.2, -0.15) is 0 Å². The molecule has 28 heavy (non-hydrogen) atoms. The third-order valence-corrected chi connectivity index (χ3v) is 5.75. The minimum absolute atomic E-state index is 0.0504. The summed E-state index contributed by atoms with van der Waals surface area (Å²) in [5, 5.41) is 0. The van der Waals surface area contributed by atoms with Gasteiger partial charge in [0.25, 0.3) is 5.91 Å². The van der Waals surface area contributed by atoms with Crippen molar-refractivity contribution in [1.29, 1.82) is 0 Å². The number of nitrogens with zero attached hydrogens (tertiary/aromatic N) is 2. The lowest BCUT2D eigenvalue weighted by Gasteiger charge is -2.37. The number of piperidine rings is 1. The van der Waals surface area contributed by atoms with Gasteiger partial charge in [-0.25, -0.2) is 0 Å². The molecule has 1 atom stereocenters. The molecule has 1 fully saturated rings. The summed E-state index contributed by atoms with van der Waals surface area (Å²) in [5.74, 6) is 1.42. The second-order valence-electron chi connectivity index (χ2n) is 7.67. The highest BCUT2D eigenvalue weighted by Crippen LogP contribution is 2.33. The van der Waals surface area contributed by atoms with Gasteiger partial charge in [0, 0.05) is 25.2 Å². The lowest BCUT2D eigenvalue weighted by atomic mass is 10.0. The SMILES string of the molecule is CN(C(=O)c1ccc2c(c1)OCO2)[C@@H]1CCCN(CCCc2ccccc2)C1. The topological polar surface area (TPSA) is 42.0 Å². The van der Waals surface area contributed by atoms with Gasteiger partial charge < -0.3 is 19.3 Å². The third-order valence-electron chi connectivity index (χ3n) is 5.75. The molecule has 0 N–H and O–H groups in total. The number of likely N-dealkylation sites (tertiary alicyclic amines) is 1. The molecule has 0 aromatic heterocycles. The predicted molar refractivity (Wildman–Crippen MR) is 109 cm³/mol. The van der Waals surface area contributed by atoms with Crippen LogP contribution < -0.4 is 9.47 Å². The fourth-order valence-corrected chi connectivity index (χ4v) is 4.10. The van der Waals surface area contributed by atoms with E-state index in [9.17, 15) is 4.79 Å². The van der Waals surface area contributed by atoms with Crippen molar-refractivity contribution in [2.24, 2.45) is 0 Å². The number of hydrogen-bond acceptors (Lipinski definition) is 4. The van der Waals surface area contributed by atoms with E-state index < -0.39 is 0 Å². The van der Waals surface area contributed by atoms with Crippen molar-refractivity contribution in [1.82, 2.24) is 9.80 Å². The molecule has 0 aliphatic carbocycles. The van der Waals surface area contributed by atoms with Crippen LogP contribution in [0.3, 0.4) is 0 Å². The molecule has 0 saturated carbocycles. The molecule has 2 aromatic carbocycles. The van der Waals surface area contributed by atoms with Gasteiger partial charge in [0.05, 0.1) is 0 Å². The summed E-state index contributed by atoms with van der Waals surface area (Å²) in [6, 6.07) is 16.3. The lowest BCUT2D eigenvalue weighted by Crippen LogP contribution is -2.48. The summed E-state index contributed by atoms with van der Waals surface area (Å²) < 4.78 is 10.8. The number of hydrogen-bond donors (Lipinski definition) is 0. The summed E-state index contributed by atoms with van der Waals surface area (Å²) in [5.41, 5.74) is 2.05. The second-order valence-corrected chi connectivity index (χ2v) is 7.67. The van der Waals surface area contributed by atoms with E-state index in [4.69, 9.17) is 9.47 Å². The number of fused-ring (bicyclic) bond motifs is 1. The number of ether oxygens (including phenoxy) is 2. The Bertz CT molecular complexity index is 809. The molecule has 0 radical (unpaired) electrons. The van der Waals surface area contributed by atoms with E-state index in [2.05, 4.69) is 35.2 Å². The number of amides is 1. The van der Waals surface area contributed by atoms with Crippen LogP contribution in [0, 0.1) is 0 Å². The molecule has 0 spiro atoms. The molecule has 0 unspecified atom stereocenters. The predicted octanol–water partition coefficient (Wildman–Crippen LogP) is 3.58. The van der Waals surface area contributed by atoms with Crippen molar-refractivity contribution in [3.8, 4) is 11.5 Å². The summed E-state index contributed by atoms with van der Waals surface area (Å²) in [7, 11) is 1.92. The van der Waals surface area contributed by atoms with Gasteiger partial charge in [-0.05, 0) is 62.5 Å². The van der Waals surface area contributed by atoms with E-state index in [-0.39, 0.29) is 18.7 Å². The van der Waals surface area contributed by atoms with E-state index >= 15 is 0 Å². The highest BCUT2D eigenvalue weighted by atomic mass is 16.7. The van der Waals surface area contributed by atoms with Crippen LogP contribution in [0.4, 0.5) is 0 Å².